The summed E-state index contributed by atoms with van der Waals surface area (Å²) in [6.07, 6.45) is 1.93. The number of benzene rings is 1. The van der Waals surface area contributed by atoms with Gasteiger partial charge >= 0.3 is 5.97 Å². The first kappa shape index (κ1) is 13.7. The van der Waals surface area contributed by atoms with Crippen molar-refractivity contribution < 1.29 is 14.6 Å². The Labute approximate surface area is 113 Å². The first-order valence-electron chi connectivity index (χ1n) is 6.49. The molecule has 0 saturated carbocycles. The monoisotopic (exact) mass is 264 g/mol. The molecule has 0 unspecified atom stereocenters. The van der Waals surface area contributed by atoms with Gasteiger partial charge in [0.2, 0.25) is 0 Å². The van der Waals surface area contributed by atoms with Crippen molar-refractivity contribution >= 4 is 17.3 Å². The van der Waals surface area contributed by atoms with Gasteiger partial charge < -0.3 is 20.5 Å². The summed E-state index contributed by atoms with van der Waals surface area (Å²) in [4.78, 5) is 13.8. The first-order chi connectivity index (χ1) is 9.15. The van der Waals surface area contributed by atoms with E-state index in [0.29, 0.717) is 17.2 Å². The molecule has 1 aromatic carbocycles. The minimum atomic E-state index is -0.412. The van der Waals surface area contributed by atoms with Gasteiger partial charge in [-0.1, -0.05) is 0 Å². The lowest BCUT2D eigenvalue weighted by molar-refractivity contribution is 0.0602. The van der Waals surface area contributed by atoms with Gasteiger partial charge in [0, 0.05) is 31.1 Å². The second kappa shape index (κ2) is 5.93. The number of piperidine rings is 1. The zero-order chi connectivity index (χ0) is 13.8. The molecule has 1 heterocycles. The van der Waals surface area contributed by atoms with Gasteiger partial charge in [-0.15, -0.1) is 0 Å². The van der Waals surface area contributed by atoms with E-state index in [-0.39, 0.29) is 6.61 Å². The van der Waals surface area contributed by atoms with Gasteiger partial charge in [-0.25, -0.2) is 4.79 Å². The molecular formula is C14H20N2O3. The first-order valence-corrected chi connectivity index (χ1v) is 6.49. The molecule has 0 aromatic heterocycles. The van der Waals surface area contributed by atoms with Gasteiger partial charge in [-0.3, -0.25) is 0 Å². The third-order valence-electron chi connectivity index (χ3n) is 3.68. The normalized spacial score (nSPS) is 16.4. The molecule has 0 radical (unpaired) electrons. The summed E-state index contributed by atoms with van der Waals surface area (Å²) in [6, 6.07) is 5.43. The molecule has 1 aromatic rings. The smallest absolute Gasteiger partial charge is 0.340 e. The summed E-state index contributed by atoms with van der Waals surface area (Å²) in [7, 11) is 1.35. The van der Waals surface area contributed by atoms with Gasteiger partial charge in [0.25, 0.3) is 0 Å². The average molecular weight is 264 g/mol. The van der Waals surface area contributed by atoms with Crippen LogP contribution in [0.4, 0.5) is 11.4 Å². The van der Waals surface area contributed by atoms with Gasteiger partial charge in [0.05, 0.1) is 12.7 Å². The van der Waals surface area contributed by atoms with Crippen LogP contribution in [0.1, 0.15) is 23.2 Å². The second-order valence-corrected chi connectivity index (χ2v) is 4.88. The summed E-state index contributed by atoms with van der Waals surface area (Å²) in [5.74, 6) is -0.0188. The molecule has 0 atom stereocenters. The number of carbonyl (C=O) groups is 1. The van der Waals surface area contributed by atoms with E-state index in [9.17, 15) is 4.79 Å². The highest BCUT2D eigenvalue weighted by Crippen LogP contribution is 2.26. The molecule has 0 spiro atoms. The van der Waals surface area contributed by atoms with Crippen molar-refractivity contribution in [3.05, 3.63) is 23.8 Å². The van der Waals surface area contributed by atoms with Crippen LogP contribution >= 0.6 is 0 Å². The fourth-order valence-electron chi connectivity index (χ4n) is 2.40. The number of rotatable bonds is 3. The number of nitrogens with zero attached hydrogens (tertiary/aromatic N) is 1. The number of carbonyl (C=O) groups excluding carboxylic acids is 1. The number of methoxy groups -OCH3 is 1. The molecule has 1 aliphatic heterocycles. The summed E-state index contributed by atoms with van der Waals surface area (Å²) >= 11 is 0. The van der Waals surface area contributed by atoms with Crippen LogP contribution in [0.3, 0.4) is 0 Å². The minimum Gasteiger partial charge on any atom is -0.465 e. The Kier molecular flexibility index (Phi) is 4.27. The van der Waals surface area contributed by atoms with Crippen LogP contribution in [-0.2, 0) is 4.74 Å². The molecule has 0 amide bonds. The van der Waals surface area contributed by atoms with Gasteiger partial charge in [-0.2, -0.15) is 0 Å². The minimum absolute atomic E-state index is 0.253. The lowest BCUT2D eigenvalue weighted by atomic mass is 9.97. The number of aliphatic hydroxyl groups is 1. The van der Waals surface area contributed by atoms with E-state index in [4.69, 9.17) is 15.6 Å². The number of esters is 1. The van der Waals surface area contributed by atoms with Crippen molar-refractivity contribution in [2.75, 3.05) is 37.4 Å². The van der Waals surface area contributed by atoms with Crippen molar-refractivity contribution in [2.24, 2.45) is 5.92 Å². The Morgan fingerprint density at radius 3 is 2.74 bits per heavy atom. The van der Waals surface area contributed by atoms with Crippen molar-refractivity contribution in [2.45, 2.75) is 12.8 Å². The maximum Gasteiger partial charge on any atom is 0.340 e. The molecule has 19 heavy (non-hydrogen) atoms. The van der Waals surface area contributed by atoms with E-state index in [1.54, 1.807) is 12.1 Å². The van der Waals surface area contributed by atoms with Crippen LogP contribution < -0.4 is 10.6 Å². The topological polar surface area (TPSA) is 75.8 Å². The van der Waals surface area contributed by atoms with Crippen LogP contribution in [0.25, 0.3) is 0 Å². The van der Waals surface area contributed by atoms with Crippen LogP contribution in [0.5, 0.6) is 0 Å². The van der Waals surface area contributed by atoms with Crippen LogP contribution in [-0.4, -0.2) is 37.9 Å². The third-order valence-corrected chi connectivity index (χ3v) is 3.68. The Morgan fingerprint density at radius 2 is 2.16 bits per heavy atom. The van der Waals surface area contributed by atoms with Gasteiger partial charge in [0.15, 0.2) is 0 Å². The quantitative estimate of drug-likeness (QED) is 0.635. The SMILES string of the molecule is COC(=O)c1cc(N2CCC(CO)CC2)ccc1N. The Hall–Kier alpha value is -1.75. The fourth-order valence-corrected chi connectivity index (χ4v) is 2.40. The summed E-state index contributed by atoms with van der Waals surface area (Å²) in [5, 5.41) is 9.14. The van der Waals surface area contributed by atoms with Crippen molar-refractivity contribution in [3.63, 3.8) is 0 Å². The molecule has 1 fully saturated rings. The summed E-state index contributed by atoms with van der Waals surface area (Å²) < 4.78 is 4.72. The zero-order valence-corrected chi connectivity index (χ0v) is 11.1. The molecule has 2 rings (SSSR count). The number of nitrogens with two attached hydrogens (primary N) is 1. The molecule has 1 saturated heterocycles. The molecule has 5 nitrogen and oxygen atoms in total. The standard InChI is InChI=1S/C14H20N2O3/c1-19-14(18)12-8-11(2-3-13(12)15)16-6-4-10(9-17)5-7-16/h2-3,8,10,17H,4-7,9,15H2,1H3. The number of hydrogen-bond acceptors (Lipinski definition) is 5. The predicted octanol–water partition coefficient (Wildman–Crippen LogP) is 1.26. The second-order valence-electron chi connectivity index (χ2n) is 4.88. The molecule has 3 N–H and O–H groups in total. The molecule has 5 heteroatoms. The molecule has 104 valence electrons. The predicted molar refractivity (Wildman–Crippen MR) is 74.2 cm³/mol. The molecule has 0 bridgehead atoms. The van der Waals surface area contributed by atoms with Crippen LogP contribution in [0.2, 0.25) is 0 Å². The maximum atomic E-state index is 11.6. The van der Waals surface area contributed by atoms with Crippen molar-refractivity contribution in [3.8, 4) is 0 Å². The van der Waals surface area contributed by atoms with E-state index in [0.717, 1.165) is 31.6 Å². The van der Waals surface area contributed by atoms with E-state index in [2.05, 4.69) is 4.90 Å². The Bertz CT molecular complexity index is 454. The number of ether oxygens (including phenoxy) is 1. The fraction of sp³-hybridized carbons (Fsp3) is 0.500. The highest BCUT2D eigenvalue weighted by molar-refractivity contribution is 5.96. The van der Waals surface area contributed by atoms with Crippen LogP contribution in [0, 0.1) is 5.92 Å². The Morgan fingerprint density at radius 1 is 1.47 bits per heavy atom. The lowest BCUT2D eigenvalue weighted by Gasteiger charge is -2.33. The highest BCUT2D eigenvalue weighted by atomic mass is 16.5. The highest BCUT2D eigenvalue weighted by Gasteiger charge is 2.20. The number of anilines is 2. The molecule has 0 aliphatic carbocycles. The van der Waals surface area contributed by atoms with E-state index in [1.807, 2.05) is 6.07 Å². The molecule has 1 aliphatic rings. The van der Waals surface area contributed by atoms with E-state index in [1.165, 1.54) is 7.11 Å². The summed E-state index contributed by atoms with van der Waals surface area (Å²) in [6.45, 7) is 2.02. The van der Waals surface area contributed by atoms with Gasteiger partial charge in [0.1, 0.15) is 0 Å². The number of hydrogen-bond donors (Lipinski definition) is 2. The van der Waals surface area contributed by atoms with Crippen molar-refractivity contribution in [1.29, 1.82) is 0 Å². The Balaban J connectivity index is 2.15. The summed E-state index contributed by atoms with van der Waals surface area (Å²) in [5.41, 5.74) is 7.60. The van der Waals surface area contributed by atoms with E-state index < -0.39 is 5.97 Å². The van der Waals surface area contributed by atoms with Crippen LogP contribution in [0.15, 0.2) is 18.2 Å². The number of aliphatic hydroxyl groups excluding tert-OH is 1. The zero-order valence-electron chi connectivity index (χ0n) is 11.1. The van der Waals surface area contributed by atoms with Gasteiger partial charge in [-0.05, 0) is 37.0 Å². The van der Waals surface area contributed by atoms with Crippen molar-refractivity contribution in [1.82, 2.24) is 0 Å². The lowest BCUT2D eigenvalue weighted by Crippen LogP contribution is -2.34. The largest absolute Gasteiger partial charge is 0.465 e. The number of nitrogen functional groups attached to an aromatic ring is 1. The average Bonchev–Trinajstić information content (AvgIpc) is 2.47. The molecular weight excluding hydrogens is 244 g/mol. The maximum absolute atomic E-state index is 11.6. The third kappa shape index (κ3) is 2.98. The van der Waals surface area contributed by atoms with E-state index >= 15 is 0 Å².